The van der Waals surface area contributed by atoms with E-state index >= 15 is 0 Å². The van der Waals surface area contributed by atoms with Gasteiger partial charge in [-0.2, -0.15) is 0 Å². The molecular weight excluding hydrogens is 275 g/mol. The van der Waals surface area contributed by atoms with Crippen LogP contribution in [0.15, 0.2) is 4.99 Å². The Morgan fingerprint density at radius 3 is 2.90 bits per heavy atom. The topological polar surface area (TPSA) is 57.2 Å². The minimum atomic E-state index is -0.473. The predicted molar refractivity (Wildman–Crippen MR) is 79.2 cm³/mol. The van der Waals surface area contributed by atoms with Crippen LogP contribution in [-0.4, -0.2) is 72.9 Å². The van der Waals surface area contributed by atoms with E-state index in [0.717, 1.165) is 12.5 Å². The fourth-order valence-corrected chi connectivity index (χ4v) is 2.49. The maximum absolute atomic E-state index is 12.1. The smallest absolute Gasteiger partial charge is 0.410 e. The molecular formula is C14H25FN4O2. The van der Waals surface area contributed by atoms with Gasteiger partial charge in [0.2, 0.25) is 0 Å². The van der Waals surface area contributed by atoms with Crippen LogP contribution in [0.1, 0.15) is 27.2 Å². The van der Waals surface area contributed by atoms with Crippen LogP contribution < -0.4 is 5.32 Å². The molecule has 1 amide bonds. The number of carbonyl (C=O) groups excluding carboxylic acids is 1. The summed E-state index contributed by atoms with van der Waals surface area (Å²) in [6.07, 6.45) is 0.225. The van der Waals surface area contributed by atoms with Crippen molar-refractivity contribution >= 4 is 12.1 Å². The van der Waals surface area contributed by atoms with Crippen molar-refractivity contribution in [2.45, 2.75) is 38.8 Å². The van der Waals surface area contributed by atoms with E-state index in [-0.39, 0.29) is 18.8 Å². The van der Waals surface area contributed by atoms with Crippen molar-refractivity contribution in [3.05, 3.63) is 0 Å². The van der Waals surface area contributed by atoms with Gasteiger partial charge in [-0.05, 0) is 27.2 Å². The second-order valence-corrected chi connectivity index (χ2v) is 6.41. The summed E-state index contributed by atoms with van der Waals surface area (Å²) in [7, 11) is 0. The van der Waals surface area contributed by atoms with E-state index in [1.165, 1.54) is 0 Å². The number of piperazine rings is 1. The summed E-state index contributed by atoms with van der Waals surface area (Å²) in [4.78, 5) is 20.4. The van der Waals surface area contributed by atoms with E-state index in [2.05, 4.69) is 15.2 Å². The first-order valence-electron chi connectivity index (χ1n) is 7.49. The molecule has 0 bridgehead atoms. The van der Waals surface area contributed by atoms with Gasteiger partial charge in [0.25, 0.3) is 0 Å². The minimum Gasteiger partial charge on any atom is -0.444 e. The molecule has 21 heavy (non-hydrogen) atoms. The molecule has 0 aromatic rings. The highest BCUT2D eigenvalue weighted by Gasteiger charge is 2.36. The quantitative estimate of drug-likeness (QED) is 0.797. The van der Waals surface area contributed by atoms with Crippen molar-refractivity contribution in [2.24, 2.45) is 4.99 Å². The van der Waals surface area contributed by atoms with Gasteiger partial charge >= 0.3 is 6.09 Å². The molecule has 1 atom stereocenters. The highest BCUT2D eigenvalue weighted by molar-refractivity contribution is 5.82. The number of nitrogens with zero attached hydrogens (tertiary/aromatic N) is 3. The lowest BCUT2D eigenvalue weighted by Gasteiger charge is -2.39. The van der Waals surface area contributed by atoms with Gasteiger partial charge in [-0.3, -0.25) is 9.38 Å². The van der Waals surface area contributed by atoms with Crippen LogP contribution in [0, 0.1) is 0 Å². The maximum atomic E-state index is 12.1. The average molecular weight is 300 g/mol. The average Bonchev–Trinajstić information content (AvgIpc) is 2.80. The third-order valence-electron chi connectivity index (χ3n) is 3.45. The number of hydrogen-bond donors (Lipinski definition) is 1. The van der Waals surface area contributed by atoms with E-state index in [4.69, 9.17) is 4.74 Å². The van der Waals surface area contributed by atoms with Gasteiger partial charge in [-0.25, -0.2) is 4.79 Å². The van der Waals surface area contributed by atoms with Crippen molar-refractivity contribution < 1.29 is 13.9 Å². The van der Waals surface area contributed by atoms with Gasteiger partial charge in [0.05, 0.1) is 19.3 Å². The lowest BCUT2D eigenvalue weighted by Crippen LogP contribution is -2.57. The molecule has 0 saturated carbocycles. The number of rotatable bonds is 3. The third-order valence-corrected chi connectivity index (χ3v) is 3.45. The molecule has 2 aliphatic rings. The molecule has 0 radical (unpaired) electrons. The highest BCUT2D eigenvalue weighted by atomic mass is 19.1. The summed E-state index contributed by atoms with van der Waals surface area (Å²) in [6, 6.07) is 0.194. The Balaban J connectivity index is 1.83. The SMILES string of the molecule is CC(C)(C)OC(=O)N1CCN2C(NCCCF)=NCC2C1. The number of hydrogen-bond acceptors (Lipinski definition) is 5. The zero-order valence-corrected chi connectivity index (χ0v) is 13.1. The fraction of sp³-hybridized carbons (Fsp3) is 0.857. The largest absolute Gasteiger partial charge is 0.444 e. The molecule has 0 aromatic carbocycles. The summed E-state index contributed by atoms with van der Waals surface area (Å²) in [5.74, 6) is 0.831. The van der Waals surface area contributed by atoms with Crippen LogP contribution in [0.3, 0.4) is 0 Å². The van der Waals surface area contributed by atoms with E-state index in [9.17, 15) is 9.18 Å². The summed E-state index contributed by atoms with van der Waals surface area (Å²) in [5, 5.41) is 3.17. The van der Waals surface area contributed by atoms with Crippen LogP contribution in [0.25, 0.3) is 0 Å². The molecule has 2 aliphatic heterocycles. The van der Waals surface area contributed by atoms with Crippen LogP contribution in [-0.2, 0) is 4.74 Å². The van der Waals surface area contributed by atoms with Crippen molar-refractivity contribution in [1.82, 2.24) is 15.1 Å². The molecule has 6 nitrogen and oxygen atoms in total. The normalized spacial score (nSPS) is 21.9. The molecule has 1 fully saturated rings. The minimum absolute atomic E-state index is 0.194. The Hall–Kier alpha value is -1.53. The molecule has 2 rings (SSSR count). The first kappa shape index (κ1) is 15.9. The Bertz CT molecular complexity index is 408. The highest BCUT2D eigenvalue weighted by Crippen LogP contribution is 2.18. The molecule has 1 unspecified atom stereocenters. The number of fused-ring (bicyclic) bond motifs is 1. The van der Waals surface area contributed by atoms with E-state index in [0.29, 0.717) is 32.6 Å². The van der Waals surface area contributed by atoms with Gasteiger partial charge in [-0.1, -0.05) is 0 Å². The summed E-state index contributed by atoms with van der Waals surface area (Å²) in [6.45, 7) is 8.50. The first-order valence-corrected chi connectivity index (χ1v) is 7.49. The first-order chi connectivity index (χ1) is 9.90. The standard InChI is InChI=1S/C14H25FN4O2/c1-14(2,3)21-13(20)18-7-8-19-11(10-18)9-17-12(19)16-6-4-5-15/h11H,4-10H2,1-3H3,(H,16,17). The Morgan fingerprint density at radius 1 is 1.48 bits per heavy atom. The predicted octanol–water partition coefficient (Wildman–Crippen LogP) is 1.23. The number of aliphatic imine (C=N–C) groups is 1. The van der Waals surface area contributed by atoms with Gasteiger partial charge < -0.3 is 19.9 Å². The Labute approximate surface area is 125 Å². The van der Waals surface area contributed by atoms with E-state index < -0.39 is 5.60 Å². The number of ether oxygens (including phenoxy) is 1. The van der Waals surface area contributed by atoms with Crippen LogP contribution in [0.4, 0.5) is 9.18 Å². The number of halogens is 1. The van der Waals surface area contributed by atoms with Crippen LogP contribution in [0.2, 0.25) is 0 Å². The molecule has 0 aliphatic carbocycles. The molecule has 7 heteroatoms. The zero-order chi connectivity index (χ0) is 15.5. The molecule has 120 valence electrons. The molecule has 0 spiro atoms. The molecule has 1 N–H and O–H groups in total. The third kappa shape index (κ3) is 4.22. The summed E-state index contributed by atoms with van der Waals surface area (Å²) in [5.41, 5.74) is -0.473. The lowest BCUT2D eigenvalue weighted by atomic mass is 10.2. The number of guanidine groups is 1. The van der Waals surface area contributed by atoms with Crippen molar-refractivity contribution in [3.8, 4) is 0 Å². The number of carbonyl (C=O) groups is 1. The number of nitrogens with one attached hydrogen (secondary N) is 1. The van der Waals surface area contributed by atoms with Crippen molar-refractivity contribution in [2.75, 3.05) is 39.4 Å². The fourth-order valence-electron chi connectivity index (χ4n) is 2.49. The van der Waals surface area contributed by atoms with Gasteiger partial charge in [0.15, 0.2) is 5.96 Å². The van der Waals surface area contributed by atoms with Crippen LogP contribution in [0.5, 0.6) is 0 Å². The zero-order valence-electron chi connectivity index (χ0n) is 13.1. The second kappa shape index (κ2) is 6.49. The van der Waals surface area contributed by atoms with Gasteiger partial charge in [0, 0.05) is 26.2 Å². The maximum Gasteiger partial charge on any atom is 0.410 e. The van der Waals surface area contributed by atoms with Gasteiger partial charge in [0.1, 0.15) is 5.60 Å². The number of amides is 1. The summed E-state index contributed by atoms with van der Waals surface area (Å²) >= 11 is 0. The monoisotopic (exact) mass is 300 g/mol. The van der Waals surface area contributed by atoms with Gasteiger partial charge in [-0.15, -0.1) is 0 Å². The van der Waals surface area contributed by atoms with Crippen molar-refractivity contribution in [1.29, 1.82) is 0 Å². The lowest BCUT2D eigenvalue weighted by molar-refractivity contribution is 0.0137. The molecule has 2 heterocycles. The number of alkyl halides is 1. The van der Waals surface area contributed by atoms with E-state index in [1.807, 2.05) is 20.8 Å². The Kier molecular flexibility index (Phi) is 4.90. The van der Waals surface area contributed by atoms with Crippen LogP contribution >= 0.6 is 0 Å². The Morgan fingerprint density at radius 2 is 2.24 bits per heavy atom. The van der Waals surface area contributed by atoms with E-state index in [1.54, 1.807) is 4.90 Å². The molecule has 0 aromatic heterocycles. The summed E-state index contributed by atoms with van der Waals surface area (Å²) < 4.78 is 17.5. The second-order valence-electron chi connectivity index (χ2n) is 6.41. The molecule has 1 saturated heterocycles. The van der Waals surface area contributed by atoms with Crippen molar-refractivity contribution in [3.63, 3.8) is 0 Å².